The molecule has 106 valence electrons. The highest BCUT2D eigenvalue weighted by Gasteiger charge is 2.25. The molecular formula is C17H28N2. The van der Waals surface area contributed by atoms with Gasteiger partial charge in [0.15, 0.2) is 0 Å². The van der Waals surface area contributed by atoms with Gasteiger partial charge in [0, 0.05) is 24.0 Å². The highest BCUT2D eigenvalue weighted by Crippen LogP contribution is 2.32. The summed E-state index contributed by atoms with van der Waals surface area (Å²) in [7, 11) is 0. The van der Waals surface area contributed by atoms with E-state index in [0.29, 0.717) is 0 Å². The van der Waals surface area contributed by atoms with Crippen molar-refractivity contribution in [2.45, 2.75) is 58.4 Å². The minimum atomic E-state index is 0.724. The van der Waals surface area contributed by atoms with Gasteiger partial charge in [-0.1, -0.05) is 33.1 Å². The zero-order valence-electron chi connectivity index (χ0n) is 12.4. The molecule has 1 saturated carbocycles. The Balaban J connectivity index is 2.12. The molecule has 1 aliphatic carbocycles. The molecule has 0 heterocycles. The molecule has 0 aromatic heterocycles. The van der Waals surface area contributed by atoms with Crippen LogP contribution in [-0.4, -0.2) is 12.6 Å². The third kappa shape index (κ3) is 3.65. The second-order valence-electron chi connectivity index (χ2n) is 5.88. The van der Waals surface area contributed by atoms with Gasteiger partial charge in [-0.05, 0) is 49.4 Å². The number of nitrogens with two attached hydrogens (primary N) is 1. The van der Waals surface area contributed by atoms with Crippen molar-refractivity contribution in [3.05, 3.63) is 24.3 Å². The number of rotatable bonds is 5. The minimum Gasteiger partial charge on any atom is -0.399 e. The third-order valence-corrected chi connectivity index (χ3v) is 4.46. The molecule has 2 heteroatoms. The molecule has 2 N–H and O–H groups in total. The van der Waals surface area contributed by atoms with Crippen LogP contribution in [0.2, 0.25) is 0 Å². The van der Waals surface area contributed by atoms with Crippen molar-refractivity contribution >= 4 is 11.4 Å². The van der Waals surface area contributed by atoms with Crippen LogP contribution in [-0.2, 0) is 0 Å². The van der Waals surface area contributed by atoms with E-state index in [2.05, 4.69) is 30.9 Å². The molecule has 0 saturated heterocycles. The van der Waals surface area contributed by atoms with Crippen LogP contribution in [0.15, 0.2) is 24.3 Å². The first-order valence-electron chi connectivity index (χ1n) is 7.86. The van der Waals surface area contributed by atoms with E-state index in [9.17, 15) is 0 Å². The summed E-state index contributed by atoms with van der Waals surface area (Å²) >= 11 is 0. The summed E-state index contributed by atoms with van der Waals surface area (Å²) < 4.78 is 0. The number of anilines is 2. The average Bonchev–Trinajstić information content (AvgIpc) is 2.46. The van der Waals surface area contributed by atoms with E-state index in [1.807, 2.05) is 12.1 Å². The molecule has 0 bridgehead atoms. The number of nitrogen functional groups attached to an aromatic ring is 1. The van der Waals surface area contributed by atoms with E-state index in [1.54, 1.807) is 0 Å². The zero-order valence-corrected chi connectivity index (χ0v) is 12.4. The lowest BCUT2D eigenvalue weighted by Gasteiger charge is -2.39. The van der Waals surface area contributed by atoms with Crippen LogP contribution in [0.5, 0.6) is 0 Å². The molecular weight excluding hydrogens is 232 g/mol. The van der Waals surface area contributed by atoms with E-state index in [-0.39, 0.29) is 0 Å². The molecule has 1 aromatic carbocycles. The first-order valence-corrected chi connectivity index (χ1v) is 7.86. The Hall–Kier alpha value is -1.18. The van der Waals surface area contributed by atoms with Crippen LogP contribution in [0, 0.1) is 5.92 Å². The van der Waals surface area contributed by atoms with Crippen LogP contribution in [0.25, 0.3) is 0 Å². The van der Waals surface area contributed by atoms with Gasteiger partial charge in [0.1, 0.15) is 0 Å². The van der Waals surface area contributed by atoms with Gasteiger partial charge in [-0.15, -0.1) is 0 Å². The number of hydrogen-bond acceptors (Lipinski definition) is 2. The molecule has 0 radical (unpaired) electrons. The summed E-state index contributed by atoms with van der Waals surface area (Å²) in [6.07, 6.45) is 8.06. The SMILES string of the molecule is CCCN(c1ccc(N)cc1)C1CCCC(CC)C1. The van der Waals surface area contributed by atoms with E-state index in [1.165, 1.54) is 44.2 Å². The fraction of sp³-hybridized carbons (Fsp3) is 0.647. The summed E-state index contributed by atoms with van der Waals surface area (Å²) in [5.74, 6) is 0.923. The van der Waals surface area contributed by atoms with Gasteiger partial charge < -0.3 is 10.6 Å². The first kappa shape index (κ1) is 14.2. The van der Waals surface area contributed by atoms with E-state index >= 15 is 0 Å². The van der Waals surface area contributed by atoms with Gasteiger partial charge in [0.05, 0.1) is 0 Å². The van der Waals surface area contributed by atoms with E-state index in [4.69, 9.17) is 5.73 Å². The van der Waals surface area contributed by atoms with Crippen molar-refractivity contribution in [2.75, 3.05) is 17.2 Å². The van der Waals surface area contributed by atoms with Crippen molar-refractivity contribution in [3.8, 4) is 0 Å². The Labute approximate surface area is 118 Å². The average molecular weight is 260 g/mol. The third-order valence-electron chi connectivity index (χ3n) is 4.46. The number of nitrogens with zero attached hydrogens (tertiary/aromatic N) is 1. The first-order chi connectivity index (χ1) is 9.24. The number of hydrogen-bond donors (Lipinski definition) is 1. The smallest absolute Gasteiger partial charge is 0.0370 e. The number of benzene rings is 1. The van der Waals surface area contributed by atoms with E-state index < -0.39 is 0 Å². The van der Waals surface area contributed by atoms with Crippen LogP contribution in [0.4, 0.5) is 11.4 Å². The predicted octanol–water partition coefficient (Wildman–Crippen LogP) is 4.45. The molecule has 19 heavy (non-hydrogen) atoms. The Bertz CT molecular complexity index is 371. The maximum Gasteiger partial charge on any atom is 0.0370 e. The minimum absolute atomic E-state index is 0.724. The largest absolute Gasteiger partial charge is 0.399 e. The highest BCUT2D eigenvalue weighted by atomic mass is 15.2. The molecule has 2 nitrogen and oxygen atoms in total. The van der Waals surface area contributed by atoms with Crippen LogP contribution >= 0.6 is 0 Å². The van der Waals surface area contributed by atoms with Crippen molar-refractivity contribution < 1.29 is 0 Å². The lowest BCUT2D eigenvalue weighted by atomic mass is 9.83. The summed E-state index contributed by atoms with van der Waals surface area (Å²) in [5, 5.41) is 0. The van der Waals surface area contributed by atoms with Gasteiger partial charge in [0.2, 0.25) is 0 Å². The predicted molar refractivity (Wildman–Crippen MR) is 84.5 cm³/mol. The van der Waals surface area contributed by atoms with Gasteiger partial charge in [-0.25, -0.2) is 0 Å². The van der Waals surface area contributed by atoms with Gasteiger partial charge in [-0.2, -0.15) is 0 Å². The van der Waals surface area contributed by atoms with Crippen molar-refractivity contribution in [2.24, 2.45) is 5.92 Å². The molecule has 1 aliphatic rings. The topological polar surface area (TPSA) is 29.3 Å². The quantitative estimate of drug-likeness (QED) is 0.792. The summed E-state index contributed by atoms with van der Waals surface area (Å²) in [5.41, 5.74) is 8.01. The summed E-state index contributed by atoms with van der Waals surface area (Å²) in [6, 6.07) is 9.14. The maximum atomic E-state index is 5.80. The van der Waals surface area contributed by atoms with E-state index in [0.717, 1.165) is 24.2 Å². The van der Waals surface area contributed by atoms with Crippen LogP contribution in [0.1, 0.15) is 52.4 Å². The molecule has 2 atom stereocenters. The maximum absolute atomic E-state index is 5.80. The Morgan fingerprint density at radius 1 is 1.16 bits per heavy atom. The molecule has 0 amide bonds. The molecule has 2 rings (SSSR count). The van der Waals surface area contributed by atoms with Gasteiger partial charge in [0.25, 0.3) is 0 Å². The van der Waals surface area contributed by atoms with Crippen molar-refractivity contribution in [1.82, 2.24) is 0 Å². The molecule has 2 unspecified atom stereocenters. The summed E-state index contributed by atoms with van der Waals surface area (Å²) in [6.45, 7) is 5.76. The lowest BCUT2D eigenvalue weighted by Crippen LogP contribution is -2.39. The lowest BCUT2D eigenvalue weighted by molar-refractivity contribution is 0.303. The standard InChI is InChI=1S/C17H28N2/c1-3-12-19(16-10-8-15(18)9-11-16)17-7-5-6-14(4-2)13-17/h8-11,14,17H,3-7,12-13,18H2,1-2H3. The molecule has 0 spiro atoms. The fourth-order valence-electron chi connectivity index (χ4n) is 3.35. The molecule has 1 aromatic rings. The fourth-order valence-corrected chi connectivity index (χ4v) is 3.35. The van der Waals surface area contributed by atoms with Crippen molar-refractivity contribution in [1.29, 1.82) is 0 Å². The van der Waals surface area contributed by atoms with Gasteiger partial charge >= 0.3 is 0 Å². The van der Waals surface area contributed by atoms with Gasteiger partial charge in [-0.3, -0.25) is 0 Å². The van der Waals surface area contributed by atoms with Crippen molar-refractivity contribution in [3.63, 3.8) is 0 Å². The molecule has 0 aliphatic heterocycles. The monoisotopic (exact) mass is 260 g/mol. The van der Waals surface area contributed by atoms with Crippen LogP contribution in [0.3, 0.4) is 0 Å². The Morgan fingerprint density at radius 3 is 2.53 bits per heavy atom. The second kappa shape index (κ2) is 6.83. The second-order valence-corrected chi connectivity index (χ2v) is 5.88. The highest BCUT2D eigenvalue weighted by molar-refractivity contribution is 5.53. The van der Waals surface area contributed by atoms with Crippen LogP contribution < -0.4 is 10.6 Å². The summed E-state index contributed by atoms with van der Waals surface area (Å²) in [4.78, 5) is 2.61. The normalized spacial score (nSPS) is 23.3. The Kier molecular flexibility index (Phi) is 5.12. The molecule has 1 fully saturated rings. The Morgan fingerprint density at radius 2 is 1.89 bits per heavy atom. The zero-order chi connectivity index (χ0) is 13.7.